The Bertz CT molecular complexity index is 5930. The van der Waals surface area contributed by atoms with Crippen molar-refractivity contribution in [2.24, 2.45) is 0 Å². The minimum atomic E-state index is -0.541. The van der Waals surface area contributed by atoms with Crippen molar-refractivity contribution in [3.63, 3.8) is 0 Å². The van der Waals surface area contributed by atoms with E-state index in [4.69, 9.17) is 9.97 Å². The second-order valence-corrected chi connectivity index (χ2v) is 26.8. The Morgan fingerprint density at radius 2 is 0.787 bits per heavy atom. The van der Waals surface area contributed by atoms with Gasteiger partial charge in [-0.05, 0) is 180 Å². The molecule has 4 heterocycles. The molecule has 4 aromatic heterocycles. The van der Waals surface area contributed by atoms with Crippen LogP contribution in [0.1, 0.15) is 22.3 Å². The van der Waals surface area contributed by atoms with Crippen LogP contribution in [0.15, 0.2) is 334 Å². The monoisotopic (exact) mass is 1230 g/mol. The molecular formula is C89H55N3S2. The maximum atomic E-state index is 5.65. The molecule has 0 unspecified atom stereocenters. The highest BCUT2D eigenvalue weighted by Gasteiger charge is 2.46. The van der Waals surface area contributed by atoms with Gasteiger partial charge in [-0.25, -0.2) is 9.97 Å². The zero-order chi connectivity index (χ0) is 61.8. The van der Waals surface area contributed by atoms with Crippen LogP contribution in [0.5, 0.6) is 0 Å². The van der Waals surface area contributed by atoms with Crippen molar-refractivity contribution in [2.75, 3.05) is 0 Å². The largest absolute Gasteiger partial charge is 0.309 e. The minimum absolute atomic E-state index is 0.541. The van der Waals surface area contributed by atoms with E-state index in [9.17, 15) is 0 Å². The van der Waals surface area contributed by atoms with Gasteiger partial charge in [-0.15, -0.1) is 22.7 Å². The van der Waals surface area contributed by atoms with Gasteiger partial charge in [-0.2, -0.15) is 0 Å². The van der Waals surface area contributed by atoms with Crippen LogP contribution >= 0.6 is 22.7 Å². The van der Waals surface area contributed by atoms with Crippen LogP contribution in [0.2, 0.25) is 0 Å². The van der Waals surface area contributed by atoms with Gasteiger partial charge in [0, 0.05) is 57.8 Å². The highest BCUT2D eigenvalue weighted by atomic mass is 32.1. The molecule has 1 aliphatic carbocycles. The van der Waals surface area contributed by atoms with Gasteiger partial charge in [-0.1, -0.05) is 243 Å². The zero-order valence-corrected chi connectivity index (χ0v) is 52.5. The summed E-state index contributed by atoms with van der Waals surface area (Å²) in [5.74, 6) is 0.706. The molecule has 18 aromatic rings. The highest BCUT2D eigenvalue weighted by molar-refractivity contribution is 7.26. The molecule has 0 fully saturated rings. The first-order valence-electron chi connectivity index (χ1n) is 32.1. The van der Waals surface area contributed by atoms with Crippen molar-refractivity contribution >= 4 is 85.0 Å². The molecule has 438 valence electrons. The molecule has 0 N–H and O–H groups in total. The molecule has 14 aromatic carbocycles. The lowest BCUT2D eigenvalue weighted by Gasteiger charge is -2.34. The summed E-state index contributed by atoms with van der Waals surface area (Å²) in [4.78, 5) is 11.3. The van der Waals surface area contributed by atoms with Gasteiger partial charge < -0.3 is 4.57 Å². The lowest BCUT2D eigenvalue weighted by atomic mass is 9.67. The van der Waals surface area contributed by atoms with E-state index >= 15 is 0 Å². The molecule has 3 nitrogen and oxygen atoms in total. The predicted octanol–water partition coefficient (Wildman–Crippen LogP) is 24.3. The predicted molar refractivity (Wildman–Crippen MR) is 398 cm³/mol. The topological polar surface area (TPSA) is 30.7 Å². The summed E-state index contributed by atoms with van der Waals surface area (Å²) >= 11 is 3.61. The molecule has 0 spiro atoms. The Kier molecular flexibility index (Phi) is 12.6. The number of thiophene rings is 2. The summed E-state index contributed by atoms with van der Waals surface area (Å²) in [6.45, 7) is 0. The number of aromatic nitrogens is 3. The zero-order valence-electron chi connectivity index (χ0n) is 50.9. The molecular weight excluding hydrogens is 1180 g/mol. The van der Waals surface area contributed by atoms with Crippen molar-refractivity contribution in [1.29, 1.82) is 0 Å². The smallest absolute Gasteiger partial charge is 0.160 e. The fraction of sp³-hybridized carbons (Fsp3) is 0.0112. The van der Waals surface area contributed by atoms with Crippen LogP contribution in [0.4, 0.5) is 0 Å². The van der Waals surface area contributed by atoms with E-state index in [-0.39, 0.29) is 0 Å². The molecule has 1 aliphatic rings. The SMILES string of the molecule is c1ccc(-c2cc(-c3ccccc3)cc(-c3nc(-c4ccc5sc6ccccc6c5c4)nc4c3sc3ccc(-c5cccc(-c6cccc7c6c6cc(-c8ccccc8)ccc6n7-c6ccc7c(c6)C(c6ccccc6)(c6ccccc6)c6ccccc6-7)c5)cc34)c2)cc1. The molecule has 94 heavy (non-hydrogen) atoms. The van der Waals surface area contributed by atoms with Gasteiger partial charge in [0.2, 0.25) is 0 Å². The van der Waals surface area contributed by atoms with Gasteiger partial charge in [0.1, 0.15) is 0 Å². The fourth-order valence-corrected chi connectivity index (χ4v) is 17.4. The maximum Gasteiger partial charge on any atom is 0.160 e. The summed E-state index contributed by atoms with van der Waals surface area (Å²) in [7, 11) is 0. The average Bonchev–Trinajstić information content (AvgIpc) is 1.53. The number of hydrogen-bond acceptors (Lipinski definition) is 4. The van der Waals surface area contributed by atoms with Gasteiger partial charge >= 0.3 is 0 Å². The number of fused-ring (bicyclic) bond motifs is 12. The number of nitrogens with zero attached hydrogens (tertiary/aromatic N) is 3. The first kappa shape index (κ1) is 54.2. The minimum Gasteiger partial charge on any atom is -0.309 e. The van der Waals surface area contributed by atoms with Gasteiger partial charge in [0.15, 0.2) is 5.82 Å². The molecule has 0 amide bonds. The van der Waals surface area contributed by atoms with E-state index in [1.807, 2.05) is 11.3 Å². The van der Waals surface area contributed by atoms with Crippen LogP contribution in [0.3, 0.4) is 0 Å². The Labute approximate surface area is 552 Å². The van der Waals surface area contributed by atoms with Crippen LogP contribution in [-0.4, -0.2) is 14.5 Å². The average molecular weight is 1230 g/mol. The number of hydrogen-bond donors (Lipinski definition) is 0. The summed E-state index contributed by atoms with van der Waals surface area (Å²) in [5.41, 5.74) is 25.9. The highest BCUT2D eigenvalue weighted by Crippen LogP contribution is 2.57. The third-order valence-corrected chi connectivity index (χ3v) is 21.8. The second-order valence-electron chi connectivity index (χ2n) is 24.7. The lowest BCUT2D eigenvalue weighted by Crippen LogP contribution is -2.28. The molecule has 5 heteroatoms. The quantitative estimate of drug-likeness (QED) is 0.137. The third-order valence-electron chi connectivity index (χ3n) is 19.5. The first-order valence-corrected chi connectivity index (χ1v) is 33.7. The normalized spacial score (nSPS) is 12.6. The molecule has 19 rings (SSSR count). The van der Waals surface area contributed by atoms with Crippen molar-refractivity contribution < 1.29 is 0 Å². The Morgan fingerprint density at radius 3 is 1.52 bits per heavy atom. The van der Waals surface area contributed by atoms with Gasteiger partial charge in [-0.3, -0.25) is 0 Å². The maximum absolute atomic E-state index is 5.65. The Balaban J connectivity index is 0.793. The van der Waals surface area contributed by atoms with Crippen LogP contribution < -0.4 is 0 Å². The van der Waals surface area contributed by atoms with Crippen LogP contribution in [0.25, 0.3) is 157 Å². The molecule has 0 bridgehead atoms. The first-order chi connectivity index (χ1) is 46.6. The number of benzene rings is 14. The summed E-state index contributed by atoms with van der Waals surface area (Å²) in [5, 5.41) is 5.99. The standard InChI is InChI=1S/C89H55N3S2/c1-6-22-56(23-7-1)60-40-45-79-75(52-60)84-70(36-21-38-80(84)92(79)69-43-44-72-71-34-16-18-37-77(71)89(78(72)55-69,67-30-12-4-13-31-67)68-32-14-5-15-33-68)62-29-20-28-59(48-62)61-41-46-83-76(53-61)86-87(94-83)85(90-88(91-86)63-42-47-82-74(54-63)73-35-17-19-39-81(73)93-82)66-50-64(57-24-8-2-9-25-57)49-65(51-66)58-26-10-3-11-27-58/h1-55H. The van der Waals surface area contributed by atoms with Crippen molar-refractivity contribution in [1.82, 2.24) is 14.5 Å². The molecule has 0 radical (unpaired) electrons. The summed E-state index contributed by atoms with van der Waals surface area (Å²) in [6, 6.07) is 123. The van der Waals surface area contributed by atoms with E-state index in [2.05, 4.69) is 338 Å². The molecule has 0 aliphatic heterocycles. The van der Waals surface area contributed by atoms with Gasteiger partial charge in [0.25, 0.3) is 0 Å². The summed E-state index contributed by atoms with van der Waals surface area (Å²) in [6.07, 6.45) is 0. The lowest BCUT2D eigenvalue weighted by molar-refractivity contribution is 0.767. The van der Waals surface area contributed by atoms with Crippen molar-refractivity contribution in [3.05, 3.63) is 356 Å². The molecule has 0 saturated heterocycles. The van der Waals surface area contributed by atoms with Crippen LogP contribution in [0, 0.1) is 0 Å². The van der Waals surface area contributed by atoms with Crippen molar-refractivity contribution in [2.45, 2.75) is 5.41 Å². The fourth-order valence-electron chi connectivity index (χ4n) is 15.2. The molecule has 0 saturated carbocycles. The number of rotatable bonds is 10. The Hall–Kier alpha value is -11.6. The van der Waals surface area contributed by atoms with Crippen LogP contribution in [-0.2, 0) is 5.41 Å². The van der Waals surface area contributed by atoms with E-state index < -0.39 is 5.41 Å². The summed E-state index contributed by atoms with van der Waals surface area (Å²) < 4.78 is 7.26. The third kappa shape index (κ3) is 8.63. The van der Waals surface area contributed by atoms with E-state index in [1.54, 1.807) is 11.3 Å². The van der Waals surface area contributed by atoms with Gasteiger partial charge in [0.05, 0.1) is 32.4 Å². The Morgan fingerprint density at radius 1 is 0.277 bits per heavy atom. The van der Waals surface area contributed by atoms with E-state index in [0.29, 0.717) is 5.82 Å². The van der Waals surface area contributed by atoms with E-state index in [1.165, 1.54) is 81.0 Å². The molecule has 0 atom stereocenters. The van der Waals surface area contributed by atoms with E-state index in [0.717, 1.165) is 92.8 Å². The van der Waals surface area contributed by atoms with Crippen molar-refractivity contribution in [3.8, 4) is 95.1 Å². The second kappa shape index (κ2) is 21.8.